The Morgan fingerprint density at radius 2 is 1.89 bits per heavy atom. The first-order valence-electron chi connectivity index (χ1n) is 11.7. The number of hydrazine groups is 1. The van der Waals surface area contributed by atoms with Gasteiger partial charge in [-0.15, -0.1) is 0 Å². The average Bonchev–Trinajstić information content (AvgIpc) is 2.89. The summed E-state index contributed by atoms with van der Waals surface area (Å²) in [5.41, 5.74) is 10.2. The van der Waals surface area contributed by atoms with Gasteiger partial charge in [-0.25, -0.2) is 5.43 Å². The highest BCUT2D eigenvalue weighted by atomic mass is 19.4. The molecule has 0 aliphatic carbocycles. The zero-order valence-electron chi connectivity index (χ0n) is 20.3. The first-order valence-corrected chi connectivity index (χ1v) is 11.7. The number of halogens is 3. The number of benzene rings is 2. The van der Waals surface area contributed by atoms with Gasteiger partial charge in [-0.05, 0) is 30.7 Å². The summed E-state index contributed by atoms with van der Waals surface area (Å²) in [7, 11) is 0. The van der Waals surface area contributed by atoms with Crippen molar-refractivity contribution in [1.82, 2.24) is 15.4 Å². The summed E-state index contributed by atoms with van der Waals surface area (Å²) in [6.07, 6.45) is -2.70. The van der Waals surface area contributed by atoms with Crippen LogP contribution < -0.4 is 25.9 Å². The first-order chi connectivity index (χ1) is 17.9. The Kier molecular flexibility index (Phi) is 8.75. The molecule has 4 rings (SSSR count). The van der Waals surface area contributed by atoms with Crippen LogP contribution in [-0.4, -0.2) is 55.6 Å². The second kappa shape index (κ2) is 12.4. The lowest BCUT2D eigenvalue weighted by Crippen LogP contribution is -2.37. The monoisotopic (exact) mass is 515 g/mol. The predicted molar refractivity (Wildman–Crippen MR) is 136 cm³/mol. The molecule has 1 saturated heterocycles. The van der Waals surface area contributed by atoms with Crippen LogP contribution in [0.3, 0.4) is 0 Å². The molecular weight excluding hydrogens is 487 g/mol. The number of nitrogens with zero attached hydrogens (tertiary/aromatic N) is 4. The smallest absolute Gasteiger partial charge is 0.416 e. The van der Waals surface area contributed by atoms with Crippen LogP contribution in [0.5, 0.6) is 6.01 Å². The quantitative estimate of drug-likeness (QED) is 0.211. The van der Waals surface area contributed by atoms with Crippen LogP contribution >= 0.6 is 0 Å². The van der Waals surface area contributed by atoms with Crippen molar-refractivity contribution in [3.63, 3.8) is 0 Å². The SMILES string of the molecule is Cc1cccc(/C=N/Nc2cc(N3CCOCC3)nc(OCCNNc3cccc(C(F)(F)F)c3)n2)c1. The van der Waals surface area contributed by atoms with Crippen LogP contribution in [0.25, 0.3) is 0 Å². The average molecular weight is 516 g/mol. The Morgan fingerprint density at radius 3 is 2.68 bits per heavy atom. The molecule has 196 valence electrons. The molecule has 3 N–H and O–H groups in total. The van der Waals surface area contributed by atoms with Crippen molar-refractivity contribution >= 4 is 23.5 Å². The van der Waals surface area contributed by atoms with Crippen molar-refractivity contribution in [3.05, 3.63) is 71.3 Å². The Labute approximate surface area is 212 Å². The van der Waals surface area contributed by atoms with Crippen molar-refractivity contribution in [2.45, 2.75) is 13.1 Å². The second-order valence-electron chi connectivity index (χ2n) is 8.26. The van der Waals surface area contributed by atoms with Crippen LogP contribution in [-0.2, 0) is 10.9 Å². The third-order valence-corrected chi connectivity index (χ3v) is 5.34. The standard InChI is InChI=1S/C25H28F3N7O2/c1-18-4-2-5-19(14-18)17-30-34-22-16-23(35-9-12-36-13-10-35)32-24(31-22)37-11-8-29-33-21-7-3-6-20(15-21)25(26,27)28/h2-7,14-17,29,33H,8-13H2,1H3,(H,31,32,34)/b30-17+. The van der Waals surface area contributed by atoms with E-state index in [0.717, 1.165) is 23.3 Å². The number of nitrogens with one attached hydrogen (secondary N) is 3. The molecule has 0 radical (unpaired) electrons. The first kappa shape index (κ1) is 26.2. The third-order valence-electron chi connectivity index (χ3n) is 5.34. The largest absolute Gasteiger partial charge is 0.462 e. The fourth-order valence-electron chi connectivity index (χ4n) is 3.54. The van der Waals surface area contributed by atoms with Gasteiger partial charge in [0.15, 0.2) is 5.82 Å². The van der Waals surface area contributed by atoms with Crippen molar-refractivity contribution in [2.75, 3.05) is 55.2 Å². The third kappa shape index (κ3) is 8.05. The fourth-order valence-corrected chi connectivity index (χ4v) is 3.54. The molecule has 0 spiro atoms. The lowest BCUT2D eigenvalue weighted by Gasteiger charge is -2.28. The molecule has 37 heavy (non-hydrogen) atoms. The van der Waals surface area contributed by atoms with E-state index in [1.165, 1.54) is 12.1 Å². The minimum atomic E-state index is -4.40. The summed E-state index contributed by atoms with van der Waals surface area (Å²) in [5, 5.41) is 4.28. The lowest BCUT2D eigenvalue weighted by molar-refractivity contribution is -0.137. The molecule has 2 aromatic carbocycles. The number of morpholine rings is 1. The molecule has 1 fully saturated rings. The summed E-state index contributed by atoms with van der Waals surface area (Å²) in [4.78, 5) is 11.0. The minimum absolute atomic E-state index is 0.151. The number of hydrogen-bond acceptors (Lipinski definition) is 9. The van der Waals surface area contributed by atoms with Gasteiger partial charge in [0.2, 0.25) is 0 Å². The van der Waals surface area contributed by atoms with E-state index in [2.05, 4.69) is 36.2 Å². The van der Waals surface area contributed by atoms with Gasteiger partial charge in [0, 0.05) is 31.4 Å². The van der Waals surface area contributed by atoms with Gasteiger partial charge in [0.1, 0.15) is 12.4 Å². The molecule has 1 aromatic heterocycles. The zero-order chi connectivity index (χ0) is 26.1. The molecule has 1 aliphatic heterocycles. The van der Waals surface area contributed by atoms with Crippen LogP contribution in [0.4, 0.5) is 30.5 Å². The number of anilines is 3. The molecule has 0 saturated carbocycles. The number of aromatic nitrogens is 2. The number of rotatable bonds is 10. The summed E-state index contributed by atoms with van der Waals surface area (Å²) < 4.78 is 49.8. The minimum Gasteiger partial charge on any atom is -0.462 e. The second-order valence-corrected chi connectivity index (χ2v) is 8.26. The van der Waals surface area contributed by atoms with Crippen molar-refractivity contribution in [3.8, 4) is 6.01 Å². The molecule has 3 aromatic rings. The van der Waals surface area contributed by atoms with Gasteiger partial charge in [-0.1, -0.05) is 35.9 Å². The van der Waals surface area contributed by atoms with Crippen LogP contribution in [0, 0.1) is 6.92 Å². The molecule has 0 amide bonds. The highest BCUT2D eigenvalue weighted by molar-refractivity contribution is 5.80. The van der Waals surface area contributed by atoms with E-state index < -0.39 is 11.7 Å². The fraction of sp³-hybridized carbons (Fsp3) is 0.320. The van der Waals surface area contributed by atoms with Gasteiger partial charge >= 0.3 is 12.2 Å². The van der Waals surface area contributed by atoms with Crippen molar-refractivity contribution in [2.24, 2.45) is 5.10 Å². The molecule has 9 nitrogen and oxygen atoms in total. The van der Waals surface area contributed by atoms with Gasteiger partial charge in [-0.2, -0.15) is 28.2 Å². The van der Waals surface area contributed by atoms with Crippen LogP contribution in [0.1, 0.15) is 16.7 Å². The molecule has 2 heterocycles. The Morgan fingerprint density at radius 1 is 1.08 bits per heavy atom. The van der Waals surface area contributed by atoms with E-state index in [-0.39, 0.29) is 19.2 Å². The van der Waals surface area contributed by atoms with E-state index in [0.29, 0.717) is 43.6 Å². The number of hydrogen-bond donors (Lipinski definition) is 3. The number of hydrazone groups is 1. The predicted octanol–water partition coefficient (Wildman–Crippen LogP) is 4.08. The Hall–Kier alpha value is -3.90. The maximum atomic E-state index is 12.9. The normalized spacial score (nSPS) is 14.1. The van der Waals surface area contributed by atoms with Gasteiger partial charge in [-0.3, -0.25) is 5.43 Å². The number of ether oxygens (including phenoxy) is 2. The zero-order valence-corrected chi connectivity index (χ0v) is 20.3. The van der Waals surface area contributed by atoms with E-state index in [4.69, 9.17) is 9.47 Å². The molecule has 0 unspecified atom stereocenters. The molecule has 0 bridgehead atoms. The van der Waals surface area contributed by atoms with Gasteiger partial charge in [0.25, 0.3) is 0 Å². The Balaban J connectivity index is 1.36. The Bertz CT molecular complexity index is 1200. The van der Waals surface area contributed by atoms with E-state index in [9.17, 15) is 13.2 Å². The van der Waals surface area contributed by atoms with E-state index in [1.807, 2.05) is 31.2 Å². The highest BCUT2D eigenvalue weighted by Gasteiger charge is 2.30. The van der Waals surface area contributed by atoms with Gasteiger partial charge < -0.3 is 19.8 Å². The molecular formula is C25H28F3N7O2. The number of alkyl halides is 3. The summed E-state index contributed by atoms with van der Waals surface area (Å²) >= 11 is 0. The maximum absolute atomic E-state index is 12.9. The molecule has 12 heteroatoms. The van der Waals surface area contributed by atoms with Crippen molar-refractivity contribution < 1.29 is 22.6 Å². The van der Waals surface area contributed by atoms with Crippen LogP contribution in [0.2, 0.25) is 0 Å². The van der Waals surface area contributed by atoms with E-state index in [1.54, 1.807) is 12.3 Å². The highest BCUT2D eigenvalue weighted by Crippen LogP contribution is 2.30. The van der Waals surface area contributed by atoms with Crippen LogP contribution in [0.15, 0.2) is 59.7 Å². The maximum Gasteiger partial charge on any atom is 0.416 e. The summed E-state index contributed by atoms with van der Waals surface area (Å²) in [5.74, 6) is 1.14. The lowest BCUT2D eigenvalue weighted by atomic mass is 10.2. The van der Waals surface area contributed by atoms with E-state index >= 15 is 0 Å². The number of aryl methyl sites for hydroxylation is 1. The van der Waals surface area contributed by atoms with Gasteiger partial charge in [0.05, 0.1) is 25.0 Å². The summed E-state index contributed by atoms with van der Waals surface area (Å²) in [6.45, 7) is 5.03. The topological polar surface area (TPSA) is 95.9 Å². The molecule has 0 atom stereocenters. The molecule has 1 aliphatic rings. The van der Waals surface area contributed by atoms with Crippen molar-refractivity contribution in [1.29, 1.82) is 0 Å². The summed E-state index contributed by atoms with van der Waals surface area (Å²) in [6, 6.07) is 14.8.